The van der Waals surface area contributed by atoms with Crippen molar-refractivity contribution in [3.8, 4) is 22.7 Å². The fraction of sp³-hybridized carbons (Fsp3) is 0.304. The summed E-state index contributed by atoms with van der Waals surface area (Å²) in [5, 5.41) is 13.3. The van der Waals surface area contributed by atoms with E-state index in [1.54, 1.807) is 18.6 Å². The lowest BCUT2D eigenvalue weighted by atomic mass is 9.64. The van der Waals surface area contributed by atoms with E-state index in [9.17, 15) is 0 Å². The minimum absolute atomic E-state index is 0.155. The van der Waals surface area contributed by atoms with Crippen molar-refractivity contribution in [3.63, 3.8) is 0 Å². The Bertz CT molecular complexity index is 1180. The fourth-order valence-corrected chi connectivity index (χ4v) is 3.98. The van der Waals surface area contributed by atoms with Crippen LogP contribution in [0.1, 0.15) is 42.8 Å². The molecule has 5 rings (SSSR count). The van der Waals surface area contributed by atoms with Crippen LogP contribution in [0.4, 0.5) is 5.95 Å². The number of aryl methyl sites for hydroxylation is 1. The van der Waals surface area contributed by atoms with Crippen LogP contribution in [-0.2, 0) is 11.8 Å². The van der Waals surface area contributed by atoms with Gasteiger partial charge in [0.25, 0.3) is 5.89 Å². The van der Waals surface area contributed by atoms with Gasteiger partial charge in [0, 0.05) is 42.7 Å². The van der Waals surface area contributed by atoms with Crippen molar-refractivity contribution in [1.29, 1.82) is 0 Å². The van der Waals surface area contributed by atoms with Gasteiger partial charge in [-0.2, -0.15) is 4.98 Å². The van der Waals surface area contributed by atoms with Crippen LogP contribution >= 0.6 is 0 Å². The Hall–Kier alpha value is -3.72. The highest BCUT2D eigenvalue weighted by atomic mass is 16.5. The van der Waals surface area contributed by atoms with Crippen LogP contribution in [0.2, 0.25) is 0 Å². The third-order valence-electron chi connectivity index (χ3n) is 6.01. The van der Waals surface area contributed by atoms with E-state index in [0.717, 1.165) is 53.8 Å². The molecule has 0 aliphatic heterocycles. The van der Waals surface area contributed by atoms with Gasteiger partial charge in [0.15, 0.2) is 5.82 Å². The van der Waals surface area contributed by atoms with Crippen molar-refractivity contribution >= 4 is 5.95 Å². The lowest BCUT2D eigenvalue weighted by Crippen LogP contribution is -2.36. The van der Waals surface area contributed by atoms with Gasteiger partial charge in [0.1, 0.15) is 0 Å². The zero-order chi connectivity index (χ0) is 22.0. The summed E-state index contributed by atoms with van der Waals surface area (Å²) in [6, 6.07) is 7.87. The monoisotopic (exact) mass is 429 g/mol. The van der Waals surface area contributed by atoms with Gasteiger partial charge in [0.05, 0.1) is 16.7 Å². The Kier molecular flexibility index (Phi) is 5.32. The van der Waals surface area contributed by atoms with Crippen LogP contribution < -0.4 is 5.73 Å². The molecule has 0 amide bonds. The largest absolute Gasteiger partial charge is 0.396 e. The van der Waals surface area contributed by atoms with E-state index in [1.807, 2.05) is 24.4 Å². The molecule has 162 valence electrons. The first-order valence-electron chi connectivity index (χ1n) is 10.6. The van der Waals surface area contributed by atoms with E-state index >= 15 is 0 Å². The maximum absolute atomic E-state index is 8.97. The number of anilines is 1. The molecule has 0 radical (unpaired) electrons. The molecule has 4 heterocycles. The summed E-state index contributed by atoms with van der Waals surface area (Å²) in [5.41, 5.74) is 9.64. The minimum Gasteiger partial charge on any atom is -0.396 e. The first-order valence-corrected chi connectivity index (χ1v) is 10.6. The molecule has 1 aliphatic rings. The number of aliphatic hydroxyl groups is 1. The maximum Gasteiger partial charge on any atom is 0.259 e. The molecule has 9 nitrogen and oxygen atoms in total. The Morgan fingerprint density at radius 3 is 2.38 bits per heavy atom. The van der Waals surface area contributed by atoms with Crippen molar-refractivity contribution in [2.75, 3.05) is 12.3 Å². The highest BCUT2D eigenvalue weighted by molar-refractivity contribution is 5.58. The normalized spacial score (nSPS) is 14.8. The quantitative estimate of drug-likeness (QED) is 0.454. The highest BCUT2D eigenvalue weighted by Crippen LogP contribution is 2.48. The molecule has 0 spiro atoms. The average Bonchev–Trinajstić information content (AvgIpc) is 3.29. The first-order chi connectivity index (χ1) is 15.7. The van der Waals surface area contributed by atoms with Crippen LogP contribution in [-0.4, -0.2) is 41.8 Å². The topological polar surface area (TPSA) is 137 Å². The van der Waals surface area contributed by atoms with Gasteiger partial charge in [0.2, 0.25) is 5.95 Å². The molecule has 0 unspecified atom stereocenters. The van der Waals surface area contributed by atoms with Gasteiger partial charge in [-0.3, -0.25) is 9.97 Å². The van der Waals surface area contributed by atoms with Crippen LogP contribution in [0, 0.1) is 0 Å². The summed E-state index contributed by atoms with van der Waals surface area (Å²) in [5.74, 6) is 1.37. The van der Waals surface area contributed by atoms with Crippen LogP contribution in [0.15, 0.2) is 53.6 Å². The molecule has 0 saturated heterocycles. The number of nitrogen functional groups attached to an aromatic ring is 1. The Balaban J connectivity index is 1.39. The number of pyridine rings is 2. The van der Waals surface area contributed by atoms with Gasteiger partial charge in [-0.05, 0) is 49.4 Å². The second-order valence-corrected chi connectivity index (χ2v) is 7.99. The Morgan fingerprint density at radius 2 is 1.75 bits per heavy atom. The number of rotatable bonds is 7. The smallest absolute Gasteiger partial charge is 0.259 e. The van der Waals surface area contributed by atoms with E-state index in [1.165, 1.54) is 0 Å². The molecule has 1 saturated carbocycles. The van der Waals surface area contributed by atoms with Gasteiger partial charge in [-0.25, -0.2) is 9.97 Å². The summed E-state index contributed by atoms with van der Waals surface area (Å²) in [6.45, 7) is 0.155. The molecule has 4 aromatic rings. The number of hydrogen-bond donors (Lipinski definition) is 2. The zero-order valence-electron chi connectivity index (χ0n) is 17.5. The van der Waals surface area contributed by atoms with Crippen LogP contribution in [0.25, 0.3) is 22.7 Å². The SMILES string of the molecule is Nc1ncc(-c2ccc(C3(c4noc(-c5ccc(CCCO)nc5)n4)CCC3)cn2)cn1. The number of hydrogen-bond acceptors (Lipinski definition) is 9. The van der Waals surface area contributed by atoms with Crippen molar-refractivity contribution in [3.05, 3.63) is 66.1 Å². The molecular formula is C23H23N7O2. The molecule has 1 fully saturated rings. The van der Waals surface area contributed by atoms with E-state index in [2.05, 4.69) is 31.2 Å². The summed E-state index contributed by atoms with van der Waals surface area (Å²) in [6.07, 6.45) is 11.3. The van der Waals surface area contributed by atoms with E-state index in [4.69, 9.17) is 20.3 Å². The van der Waals surface area contributed by atoms with Crippen molar-refractivity contribution in [1.82, 2.24) is 30.1 Å². The Morgan fingerprint density at radius 1 is 0.938 bits per heavy atom. The van der Waals surface area contributed by atoms with Gasteiger partial charge in [-0.1, -0.05) is 17.6 Å². The first kappa shape index (κ1) is 20.2. The molecule has 0 aromatic carbocycles. The zero-order valence-corrected chi connectivity index (χ0v) is 17.5. The number of aliphatic hydroxyl groups excluding tert-OH is 1. The van der Waals surface area contributed by atoms with E-state index in [-0.39, 0.29) is 18.0 Å². The molecule has 9 heteroatoms. The fourth-order valence-electron chi connectivity index (χ4n) is 3.98. The summed E-state index contributed by atoms with van der Waals surface area (Å²) >= 11 is 0. The minimum atomic E-state index is -0.292. The summed E-state index contributed by atoms with van der Waals surface area (Å²) < 4.78 is 5.59. The molecule has 1 aliphatic carbocycles. The molecular weight excluding hydrogens is 406 g/mol. The van der Waals surface area contributed by atoms with Crippen molar-refractivity contribution in [2.45, 2.75) is 37.5 Å². The van der Waals surface area contributed by atoms with Crippen molar-refractivity contribution < 1.29 is 9.63 Å². The summed E-state index contributed by atoms with van der Waals surface area (Å²) in [7, 11) is 0. The molecule has 0 bridgehead atoms. The van der Waals surface area contributed by atoms with Gasteiger partial charge < -0.3 is 15.4 Å². The second-order valence-electron chi connectivity index (χ2n) is 7.99. The highest BCUT2D eigenvalue weighted by Gasteiger charge is 2.44. The predicted molar refractivity (Wildman–Crippen MR) is 117 cm³/mol. The third-order valence-corrected chi connectivity index (χ3v) is 6.01. The summed E-state index contributed by atoms with van der Waals surface area (Å²) in [4.78, 5) is 21.8. The molecule has 4 aromatic heterocycles. The lowest BCUT2D eigenvalue weighted by Gasteiger charge is -2.39. The van der Waals surface area contributed by atoms with Crippen molar-refractivity contribution in [2.24, 2.45) is 0 Å². The van der Waals surface area contributed by atoms with Crippen LogP contribution in [0.5, 0.6) is 0 Å². The molecule has 0 atom stereocenters. The third kappa shape index (κ3) is 3.71. The van der Waals surface area contributed by atoms with Gasteiger partial charge >= 0.3 is 0 Å². The molecule has 3 N–H and O–H groups in total. The number of nitrogens with zero attached hydrogens (tertiary/aromatic N) is 6. The average molecular weight is 429 g/mol. The number of nitrogens with two attached hydrogens (primary N) is 1. The second kappa shape index (κ2) is 8.43. The van der Waals surface area contributed by atoms with Gasteiger partial charge in [-0.15, -0.1) is 0 Å². The molecule has 32 heavy (non-hydrogen) atoms. The standard InChI is InChI=1S/C23H23N7O2/c24-22-27-12-16(13-28-22)19-7-5-17(14-26-19)23(8-2-9-23)21-29-20(32-30-21)15-4-6-18(25-11-15)3-1-10-31/h4-7,11-14,31H,1-3,8-10H2,(H2,24,27,28). The number of aromatic nitrogens is 6. The maximum atomic E-state index is 8.97. The van der Waals surface area contributed by atoms with E-state index < -0.39 is 0 Å². The lowest BCUT2D eigenvalue weighted by molar-refractivity contribution is 0.272. The predicted octanol–water partition coefficient (Wildman–Crippen LogP) is 2.96. The Labute approximate surface area is 184 Å². The van der Waals surface area contributed by atoms with Crippen LogP contribution in [0.3, 0.4) is 0 Å². The van der Waals surface area contributed by atoms with E-state index in [0.29, 0.717) is 18.1 Å².